The summed E-state index contributed by atoms with van der Waals surface area (Å²) in [6.07, 6.45) is -3.88. The highest BCUT2D eigenvalue weighted by molar-refractivity contribution is 5.86. The van der Waals surface area contributed by atoms with Gasteiger partial charge in [0.25, 0.3) is 0 Å². The molecule has 2 aromatic carbocycles. The molecule has 0 spiro atoms. The minimum Gasteiger partial charge on any atom is -0.491 e. The summed E-state index contributed by atoms with van der Waals surface area (Å²) in [5.74, 6) is -0.574. The second kappa shape index (κ2) is 7.46. The molecule has 1 N–H and O–H groups in total. The number of nitrogens with zero attached hydrogens (tertiary/aromatic N) is 3. The molecular weight excluding hydrogens is 409 g/mol. The van der Waals surface area contributed by atoms with Crippen molar-refractivity contribution < 1.29 is 22.3 Å². The molecule has 160 valence electrons. The van der Waals surface area contributed by atoms with E-state index in [1.54, 1.807) is 12.1 Å². The van der Waals surface area contributed by atoms with Crippen LogP contribution in [0, 0.1) is 17.2 Å². The lowest BCUT2D eigenvalue weighted by atomic mass is 9.94. The zero-order valence-electron chi connectivity index (χ0n) is 16.4. The first-order valence-corrected chi connectivity index (χ1v) is 10.0. The summed E-state index contributed by atoms with van der Waals surface area (Å²) in [6, 6.07) is 14.4. The molecule has 3 heterocycles. The molecule has 3 aromatic rings. The summed E-state index contributed by atoms with van der Waals surface area (Å²) < 4.78 is 50.4. The Morgan fingerprint density at radius 3 is 2.77 bits per heavy atom. The number of nitrogens with one attached hydrogen (secondary N) is 1. The fourth-order valence-corrected chi connectivity index (χ4v) is 4.38. The number of hydrogen-bond acceptors (Lipinski definition) is 6. The van der Waals surface area contributed by atoms with Gasteiger partial charge in [-0.1, -0.05) is 24.3 Å². The Morgan fingerprint density at radius 2 is 2.00 bits per heavy atom. The summed E-state index contributed by atoms with van der Waals surface area (Å²) in [4.78, 5) is 5.81. The fourth-order valence-electron chi connectivity index (χ4n) is 4.38. The lowest BCUT2D eigenvalue weighted by Gasteiger charge is -2.39. The number of benzene rings is 2. The molecule has 0 bridgehead atoms. The van der Waals surface area contributed by atoms with E-state index in [0.29, 0.717) is 18.8 Å². The number of oxazole rings is 1. The number of hydrogen-bond donors (Lipinski definition) is 1. The van der Waals surface area contributed by atoms with E-state index in [9.17, 15) is 18.4 Å². The van der Waals surface area contributed by atoms with Crippen molar-refractivity contribution in [2.45, 2.75) is 24.7 Å². The number of rotatable bonds is 3. The van der Waals surface area contributed by atoms with Gasteiger partial charge in [-0.15, -0.1) is 0 Å². The van der Waals surface area contributed by atoms with E-state index in [-0.39, 0.29) is 29.1 Å². The molecule has 3 unspecified atom stereocenters. The minimum atomic E-state index is -4.66. The Hall–Kier alpha value is -3.25. The lowest BCUT2D eigenvalue weighted by molar-refractivity contribution is -0.156. The molecule has 0 aliphatic carbocycles. The summed E-state index contributed by atoms with van der Waals surface area (Å²) in [6.45, 7) is 1.81. The van der Waals surface area contributed by atoms with Crippen LogP contribution in [-0.2, 0) is 6.18 Å². The molecule has 0 radical (unpaired) electrons. The van der Waals surface area contributed by atoms with Crippen molar-refractivity contribution in [2.75, 3.05) is 25.0 Å². The van der Waals surface area contributed by atoms with Gasteiger partial charge >= 0.3 is 12.1 Å². The highest BCUT2D eigenvalue weighted by Gasteiger charge is 2.40. The van der Waals surface area contributed by atoms with Gasteiger partial charge in [0.1, 0.15) is 17.9 Å². The van der Waals surface area contributed by atoms with E-state index in [2.05, 4.69) is 21.3 Å². The van der Waals surface area contributed by atoms with Gasteiger partial charge in [0.15, 0.2) is 5.58 Å². The van der Waals surface area contributed by atoms with Crippen LogP contribution < -0.4 is 10.1 Å². The lowest BCUT2D eigenvalue weighted by Crippen LogP contribution is -2.47. The Kier molecular flexibility index (Phi) is 4.74. The SMILES string of the molecule is N#CC1CCN(C2COc3ccccc3C2Nc2cccc3nc(C(F)(F)F)oc23)C1. The molecule has 31 heavy (non-hydrogen) atoms. The van der Waals surface area contributed by atoms with Crippen molar-refractivity contribution in [3.63, 3.8) is 0 Å². The molecule has 0 amide bonds. The number of halogens is 3. The molecule has 0 saturated carbocycles. The number of alkyl halides is 3. The van der Waals surface area contributed by atoms with E-state index in [1.165, 1.54) is 6.07 Å². The number of para-hydroxylation sites is 2. The molecule has 1 aromatic heterocycles. The van der Waals surface area contributed by atoms with Crippen LogP contribution in [0.25, 0.3) is 11.1 Å². The maximum atomic E-state index is 13.1. The molecule has 1 saturated heterocycles. The first-order chi connectivity index (χ1) is 14.9. The molecule has 2 aliphatic rings. The number of anilines is 1. The standard InChI is InChI=1S/C22H19F3N4O2/c23-22(24,25)21-28-16-6-3-5-15(20(16)31-21)27-19-14-4-1-2-7-18(14)30-12-17(19)29-9-8-13(10-26)11-29/h1-7,13,17,19,27H,8-9,11-12H2. The molecule has 5 rings (SSSR count). The Morgan fingerprint density at radius 1 is 1.16 bits per heavy atom. The van der Waals surface area contributed by atoms with Crippen molar-refractivity contribution in [2.24, 2.45) is 5.92 Å². The van der Waals surface area contributed by atoms with Gasteiger partial charge in [0.05, 0.1) is 29.8 Å². The van der Waals surface area contributed by atoms with Crippen molar-refractivity contribution >= 4 is 16.8 Å². The molecular formula is C22H19F3N4O2. The van der Waals surface area contributed by atoms with E-state index in [0.717, 1.165) is 24.3 Å². The van der Waals surface area contributed by atoms with Crippen LogP contribution >= 0.6 is 0 Å². The van der Waals surface area contributed by atoms with E-state index in [1.807, 2.05) is 24.3 Å². The normalized spacial score (nSPS) is 23.9. The highest BCUT2D eigenvalue weighted by Crippen LogP contribution is 2.40. The highest BCUT2D eigenvalue weighted by atomic mass is 19.4. The van der Waals surface area contributed by atoms with E-state index >= 15 is 0 Å². The summed E-state index contributed by atoms with van der Waals surface area (Å²) in [5.41, 5.74) is 1.55. The van der Waals surface area contributed by atoms with Gasteiger partial charge in [-0.05, 0) is 24.6 Å². The van der Waals surface area contributed by atoms with Crippen molar-refractivity contribution in [1.29, 1.82) is 5.26 Å². The first kappa shape index (κ1) is 19.7. The zero-order chi connectivity index (χ0) is 21.6. The van der Waals surface area contributed by atoms with E-state index < -0.39 is 12.1 Å². The van der Waals surface area contributed by atoms with Gasteiger partial charge in [-0.2, -0.15) is 18.4 Å². The molecule has 1 fully saturated rings. The van der Waals surface area contributed by atoms with Crippen LogP contribution in [0.4, 0.5) is 18.9 Å². The maximum absolute atomic E-state index is 13.1. The van der Waals surface area contributed by atoms with Gasteiger partial charge in [0.2, 0.25) is 0 Å². The van der Waals surface area contributed by atoms with Crippen molar-refractivity contribution in [3.8, 4) is 11.8 Å². The van der Waals surface area contributed by atoms with Crippen LogP contribution in [0.15, 0.2) is 46.9 Å². The average Bonchev–Trinajstić information content (AvgIpc) is 3.41. The van der Waals surface area contributed by atoms with Crippen LogP contribution in [0.1, 0.15) is 23.9 Å². The zero-order valence-corrected chi connectivity index (χ0v) is 16.4. The average molecular weight is 428 g/mol. The van der Waals surface area contributed by atoms with Crippen LogP contribution in [-0.4, -0.2) is 35.6 Å². The monoisotopic (exact) mass is 428 g/mol. The molecule has 9 heteroatoms. The summed E-state index contributed by atoms with van der Waals surface area (Å²) in [7, 11) is 0. The Bertz CT molecular complexity index is 1150. The third-order valence-corrected chi connectivity index (χ3v) is 5.89. The van der Waals surface area contributed by atoms with Crippen LogP contribution in [0.2, 0.25) is 0 Å². The molecule has 6 nitrogen and oxygen atoms in total. The van der Waals surface area contributed by atoms with Crippen LogP contribution in [0.3, 0.4) is 0 Å². The van der Waals surface area contributed by atoms with Gasteiger partial charge in [-0.25, -0.2) is 4.98 Å². The smallest absolute Gasteiger partial charge is 0.468 e. The number of nitriles is 1. The predicted molar refractivity (Wildman–Crippen MR) is 106 cm³/mol. The second-order valence-electron chi connectivity index (χ2n) is 7.82. The quantitative estimate of drug-likeness (QED) is 0.657. The van der Waals surface area contributed by atoms with Gasteiger partial charge in [-0.3, -0.25) is 4.90 Å². The Labute approximate surface area is 176 Å². The topological polar surface area (TPSA) is 74.3 Å². The van der Waals surface area contributed by atoms with Crippen molar-refractivity contribution in [3.05, 3.63) is 53.9 Å². The predicted octanol–water partition coefficient (Wildman–Crippen LogP) is 4.61. The third kappa shape index (κ3) is 3.57. The van der Waals surface area contributed by atoms with Crippen LogP contribution in [0.5, 0.6) is 5.75 Å². The van der Waals surface area contributed by atoms with Crippen molar-refractivity contribution in [1.82, 2.24) is 9.88 Å². The molecule has 2 aliphatic heterocycles. The van der Waals surface area contributed by atoms with Gasteiger partial charge < -0.3 is 14.5 Å². The number of likely N-dealkylation sites (tertiary alicyclic amines) is 1. The Balaban J connectivity index is 1.53. The summed E-state index contributed by atoms with van der Waals surface area (Å²) >= 11 is 0. The van der Waals surface area contributed by atoms with E-state index in [4.69, 9.17) is 9.15 Å². The largest absolute Gasteiger partial charge is 0.491 e. The number of aromatic nitrogens is 1. The molecule has 3 atom stereocenters. The third-order valence-electron chi connectivity index (χ3n) is 5.89. The number of fused-ring (bicyclic) bond motifs is 2. The number of ether oxygens (including phenoxy) is 1. The maximum Gasteiger partial charge on any atom is 0.468 e. The minimum absolute atomic E-state index is 0.0372. The first-order valence-electron chi connectivity index (χ1n) is 10.0. The second-order valence-corrected chi connectivity index (χ2v) is 7.82. The van der Waals surface area contributed by atoms with Gasteiger partial charge in [0, 0.05) is 18.7 Å². The summed E-state index contributed by atoms with van der Waals surface area (Å²) in [5, 5.41) is 12.7. The fraction of sp³-hybridized carbons (Fsp3) is 0.364.